The number of carbonyl (C=O) groups excluding carboxylic acids is 1. The molecule has 4 N–H and O–H groups in total. The topological polar surface area (TPSA) is 108 Å². The van der Waals surface area contributed by atoms with Crippen molar-refractivity contribution in [1.82, 2.24) is 16.0 Å². The van der Waals surface area contributed by atoms with Crippen LogP contribution in [0.2, 0.25) is 0 Å². The van der Waals surface area contributed by atoms with Crippen LogP contribution in [0, 0.1) is 11.6 Å². The standard InChI is InChI=1S/C24H31F2N3O4S/c1-3-15-4-5-17-13-34(32,33)14-22(20(17)8-15)28-11-23(30)21(29-24(31)12-27-2)9-16-6-18(25)10-19(26)7-16/h4-8,10,21-23,27-28,30H,3,9,11-14H2,1-2H3,(H,29,31)/t21-,22-,23+/m0/s1. The van der Waals surface area contributed by atoms with Crippen LogP contribution in [0.1, 0.15) is 35.2 Å². The van der Waals surface area contributed by atoms with Crippen molar-refractivity contribution >= 4 is 15.7 Å². The van der Waals surface area contributed by atoms with Gasteiger partial charge in [0.2, 0.25) is 5.91 Å². The summed E-state index contributed by atoms with van der Waals surface area (Å²) < 4.78 is 52.2. The summed E-state index contributed by atoms with van der Waals surface area (Å²) in [4.78, 5) is 12.2. The zero-order valence-electron chi connectivity index (χ0n) is 19.3. The molecule has 0 saturated heterocycles. The summed E-state index contributed by atoms with van der Waals surface area (Å²) in [7, 11) is -1.73. The number of rotatable bonds is 10. The number of carbonyl (C=O) groups is 1. The zero-order valence-corrected chi connectivity index (χ0v) is 20.1. The number of hydrogen-bond donors (Lipinski definition) is 4. The second-order valence-corrected chi connectivity index (χ2v) is 10.8. The Labute approximate surface area is 198 Å². The van der Waals surface area contributed by atoms with Crippen LogP contribution in [0.15, 0.2) is 36.4 Å². The van der Waals surface area contributed by atoms with E-state index in [4.69, 9.17) is 0 Å². The number of amides is 1. The van der Waals surface area contributed by atoms with Gasteiger partial charge in [0.15, 0.2) is 9.84 Å². The fraction of sp³-hybridized carbons (Fsp3) is 0.458. The number of aliphatic hydroxyl groups excluding tert-OH is 1. The molecule has 186 valence electrons. The molecule has 3 rings (SSSR count). The quantitative estimate of drug-likeness (QED) is 0.397. The van der Waals surface area contributed by atoms with E-state index in [1.54, 1.807) is 7.05 Å². The molecule has 0 aliphatic carbocycles. The van der Waals surface area contributed by atoms with Gasteiger partial charge >= 0.3 is 0 Å². The maximum absolute atomic E-state index is 13.7. The third-order valence-corrected chi connectivity index (χ3v) is 7.48. The molecule has 2 aromatic carbocycles. The lowest BCUT2D eigenvalue weighted by molar-refractivity contribution is -0.121. The molecule has 1 aliphatic rings. The minimum absolute atomic E-state index is 0.00218. The molecule has 0 aromatic heterocycles. The molecule has 0 unspecified atom stereocenters. The fourth-order valence-electron chi connectivity index (χ4n) is 4.22. The molecule has 3 atom stereocenters. The van der Waals surface area contributed by atoms with Gasteiger partial charge in [-0.2, -0.15) is 0 Å². The van der Waals surface area contributed by atoms with Crippen LogP contribution in [-0.4, -0.2) is 57.5 Å². The number of hydrogen-bond acceptors (Lipinski definition) is 6. The number of aryl methyl sites for hydroxylation is 1. The molecule has 7 nitrogen and oxygen atoms in total. The monoisotopic (exact) mass is 495 g/mol. The number of aliphatic hydroxyl groups is 1. The molecule has 1 aliphatic heterocycles. The van der Waals surface area contributed by atoms with Gasteiger partial charge in [0.1, 0.15) is 11.6 Å². The van der Waals surface area contributed by atoms with Gasteiger partial charge in [-0.15, -0.1) is 0 Å². The van der Waals surface area contributed by atoms with Crippen LogP contribution in [0.25, 0.3) is 0 Å². The molecule has 10 heteroatoms. The highest BCUT2D eigenvalue weighted by Crippen LogP contribution is 2.29. The molecule has 0 spiro atoms. The first-order chi connectivity index (χ1) is 16.1. The SMILES string of the molecule is CCc1ccc2c(c1)[C@@H](NC[C@@H](O)[C@H](Cc1cc(F)cc(F)c1)NC(=O)CNC)CS(=O)(=O)C2. The van der Waals surface area contributed by atoms with Crippen LogP contribution in [0.4, 0.5) is 8.78 Å². The molecule has 0 fully saturated rings. The predicted molar refractivity (Wildman–Crippen MR) is 126 cm³/mol. The van der Waals surface area contributed by atoms with Gasteiger partial charge in [-0.05, 0) is 54.3 Å². The lowest BCUT2D eigenvalue weighted by Gasteiger charge is -2.30. The summed E-state index contributed by atoms with van der Waals surface area (Å²) in [6.45, 7) is 1.99. The number of nitrogens with one attached hydrogen (secondary N) is 3. The van der Waals surface area contributed by atoms with Gasteiger partial charge in [0, 0.05) is 18.7 Å². The molecule has 1 amide bonds. The van der Waals surface area contributed by atoms with E-state index in [0.29, 0.717) is 0 Å². The van der Waals surface area contributed by atoms with Crippen molar-refractivity contribution < 1.29 is 27.1 Å². The van der Waals surface area contributed by atoms with Crippen molar-refractivity contribution in [3.8, 4) is 0 Å². The van der Waals surface area contributed by atoms with Gasteiger partial charge in [-0.1, -0.05) is 25.1 Å². The van der Waals surface area contributed by atoms with Crippen molar-refractivity contribution in [1.29, 1.82) is 0 Å². The van der Waals surface area contributed by atoms with Crippen LogP contribution >= 0.6 is 0 Å². The van der Waals surface area contributed by atoms with Crippen LogP contribution in [-0.2, 0) is 33.2 Å². The average molecular weight is 496 g/mol. The van der Waals surface area contributed by atoms with Crippen LogP contribution in [0.5, 0.6) is 0 Å². The van der Waals surface area contributed by atoms with E-state index in [-0.39, 0.29) is 42.5 Å². The molecule has 2 aromatic rings. The predicted octanol–water partition coefficient (Wildman–Crippen LogP) is 1.39. The lowest BCUT2D eigenvalue weighted by Crippen LogP contribution is -2.51. The summed E-state index contributed by atoms with van der Waals surface area (Å²) in [5.41, 5.74) is 2.97. The summed E-state index contributed by atoms with van der Waals surface area (Å²) in [5, 5.41) is 19.4. The minimum atomic E-state index is -3.32. The normalized spacial score (nSPS) is 18.7. The van der Waals surface area contributed by atoms with Crippen molar-refractivity contribution in [2.24, 2.45) is 0 Å². The molecule has 1 heterocycles. The number of sulfone groups is 1. The first-order valence-corrected chi connectivity index (χ1v) is 13.0. The summed E-state index contributed by atoms with van der Waals surface area (Å²) in [6.07, 6.45) is -0.347. The zero-order chi connectivity index (χ0) is 24.9. The Bertz CT molecular complexity index is 1110. The highest BCUT2D eigenvalue weighted by molar-refractivity contribution is 7.90. The van der Waals surface area contributed by atoms with E-state index in [9.17, 15) is 27.1 Å². The molecule has 0 radical (unpaired) electrons. The summed E-state index contributed by atoms with van der Waals surface area (Å²) in [5.74, 6) is -2.02. The van der Waals surface area contributed by atoms with Crippen LogP contribution in [0.3, 0.4) is 0 Å². The highest BCUT2D eigenvalue weighted by Gasteiger charge is 2.31. The van der Waals surface area contributed by atoms with Crippen molar-refractivity contribution in [3.05, 3.63) is 70.3 Å². The van der Waals surface area contributed by atoms with Gasteiger partial charge in [0.05, 0.1) is 30.2 Å². The Hall–Kier alpha value is -2.40. The van der Waals surface area contributed by atoms with E-state index in [1.165, 1.54) is 0 Å². The van der Waals surface area contributed by atoms with Gasteiger partial charge in [-0.25, -0.2) is 17.2 Å². The Kier molecular flexibility index (Phi) is 8.75. The van der Waals surface area contributed by atoms with Gasteiger partial charge in [0.25, 0.3) is 0 Å². The summed E-state index contributed by atoms with van der Waals surface area (Å²) >= 11 is 0. The molecule has 34 heavy (non-hydrogen) atoms. The highest BCUT2D eigenvalue weighted by atomic mass is 32.2. The van der Waals surface area contributed by atoms with E-state index in [0.717, 1.165) is 41.3 Å². The van der Waals surface area contributed by atoms with E-state index >= 15 is 0 Å². The molecular formula is C24H31F2N3O4S. The Morgan fingerprint density at radius 3 is 2.50 bits per heavy atom. The van der Waals surface area contributed by atoms with Crippen molar-refractivity contribution in [3.63, 3.8) is 0 Å². The maximum atomic E-state index is 13.7. The third kappa shape index (κ3) is 7.05. The first-order valence-electron chi connectivity index (χ1n) is 11.2. The number of halogens is 2. The second kappa shape index (κ2) is 11.4. The molecule has 0 saturated carbocycles. The van der Waals surface area contributed by atoms with E-state index in [1.807, 2.05) is 25.1 Å². The number of benzene rings is 2. The van der Waals surface area contributed by atoms with Crippen molar-refractivity contribution in [2.45, 2.75) is 43.7 Å². The number of likely N-dealkylation sites (N-methyl/N-ethyl adjacent to an activating group) is 1. The van der Waals surface area contributed by atoms with Crippen molar-refractivity contribution in [2.75, 3.05) is 25.9 Å². The van der Waals surface area contributed by atoms with Gasteiger partial charge in [-0.3, -0.25) is 4.79 Å². The Morgan fingerprint density at radius 2 is 1.85 bits per heavy atom. The summed E-state index contributed by atoms with van der Waals surface area (Å²) in [6, 6.07) is 7.41. The maximum Gasteiger partial charge on any atom is 0.234 e. The van der Waals surface area contributed by atoms with Gasteiger partial charge < -0.3 is 21.1 Å². The Morgan fingerprint density at radius 1 is 1.15 bits per heavy atom. The average Bonchev–Trinajstić information content (AvgIpc) is 2.75. The van der Waals surface area contributed by atoms with Crippen LogP contribution < -0.4 is 16.0 Å². The first kappa shape index (κ1) is 26.2. The Balaban J connectivity index is 1.78. The molecule has 0 bridgehead atoms. The minimum Gasteiger partial charge on any atom is -0.390 e. The number of fused-ring (bicyclic) bond motifs is 1. The fourth-order valence-corrected chi connectivity index (χ4v) is 5.88. The molecular weight excluding hydrogens is 464 g/mol. The largest absolute Gasteiger partial charge is 0.390 e. The van der Waals surface area contributed by atoms with E-state index < -0.39 is 39.7 Å². The van der Waals surface area contributed by atoms with E-state index in [2.05, 4.69) is 16.0 Å². The third-order valence-electron chi connectivity index (χ3n) is 5.89. The smallest absolute Gasteiger partial charge is 0.234 e. The lowest BCUT2D eigenvalue weighted by atomic mass is 9.97. The second-order valence-electron chi connectivity index (χ2n) is 8.66.